The van der Waals surface area contributed by atoms with Crippen molar-refractivity contribution in [3.63, 3.8) is 0 Å². The number of carbonyl (C=O) groups is 1. The van der Waals surface area contributed by atoms with E-state index in [4.69, 9.17) is 4.74 Å². The molecule has 0 aliphatic heterocycles. The van der Waals surface area contributed by atoms with Gasteiger partial charge in [-0.15, -0.1) is 11.3 Å². The third kappa shape index (κ3) is 4.31. The number of amides is 1. The lowest BCUT2D eigenvalue weighted by Crippen LogP contribution is -2.29. The van der Waals surface area contributed by atoms with Gasteiger partial charge in [0, 0.05) is 11.4 Å². The van der Waals surface area contributed by atoms with Gasteiger partial charge in [0.25, 0.3) is 5.91 Å². The first kappa shape index (κ1) is 15.0. The van der Waals surface area contributed by atoms with Crippen LogP contribution in [0, 0.1) is 12.8 Å². The standard InChI is InChI=1S/C13H21NO3S/c1-8(5-9(2)15)7-14-13(16)12-11(17-4)6-10(3)18-12/h6,8-9,15H,5,7H2,1-4H3,(H,14,16). The Balaban J connectivity index is 2.54. The second kappa shape index (κ2) is 6.75. The molecule has 0 saturated heterocycles. The van der Waals surface area contributed by atoms with E-state index in [2.05, 4.69) is 5.32 Å². The molecule has 0 aliphatic rings. The number of aliphatic hydroxyl groups excluding tert-OH is 1. The quantitative estimate of drug-likeness (QED) is 0.834. The Morgan fingerprint density at radius 1 is 1.56 bits per heavy atom. The molecule has 2 N–H and O–H groups in total. The van der Waals surface area contributed by atoms with Gasteiger partial charge in [-0.25, -0.2) is 0 Å². The lowest BCUT2D eigenvalue weighted by Gasteiger charge is -2.14. The van der Waals surface area contributed by atoms with Gasteiger partial charge in [-0.1, -0.05) is 6.92 Å². The van der Waals surface area contributed by atoms with Gasteiger partial charge in [-0.05, 0) is 32.3 Å². The first-order chi connectivity index (χ1) is 8.43. The predicted molar refractivity (Wildman–Crippen MR) is 73.4 cm³/mol. The molecule has 2 atom stereocenters. The minimum Gasteiger partial charge on any atom is -0.495 e. The fraction of sp³-hybridized carbons (Fsp3) is 0.615. The Kier molecular flexibility index (Phi) is 5.62. The van der Waals surface area contributed by atoms with Gasteiger partial charge in [0.05, 0.1) is 13.2 Å². The number of rotatable bonds is 6. The van der Waals surface area contributed by atoms with Crippen LogP contribution in [0.1, 0.15) is 34.8 Å². The van der Waals surface area contributed by atoms with E-state index in [-0.39, 0.29) is 17.9 Å². The highest BCUT2D eigenvalue weighted by atomic mass is 32.1. The molecule has 1 aromatic heterocycles. The predicted octanol–water partition coefficient (Wildman–Crippen LogP) is 2.20. The van der Waals surface area contributed by atoms with Crippen LogP contribution in [0.25, 0.3) is 0 Å². The SMILES string of the molecule is COc1cc(C)sc1C(=O)NCC(C)CC(C)O. The van der Waals surface area contributed by atoms with Crippen LogP contribution in [-0.4, -0.2) is 30.8 Å². The van der Waals surface area contributed by atoms with Gasteiger partial charge in [0.2, 0.25) is 0 Å². The summed E-state index contributed by atoms with van der Waals surface area (Å²) < 4.78 is 5.17. The van der Waals surface area contributed by atoms with Crippen LogP contribution in [0.3, 0.4) is 0 Å². The molecule has 2 unspecified atom stereocenters. The highest BCUT2D eigenvalue weighted by Crippen LogP contribution is 2.28. The number of carbonyl (C=O) groups excluding carboxylic acids is 1. The summed E-state index contributed by atoms with van der Waals surface area (Å²) in [4.78, 5) is 13.6. The average Bonchev–Trinajstić information content (AvgIpc) is 2.66. The van der Waals surface area contributed by atoms with Gasteiger partial charge >= 0.3 is 0 Å². The molecule has 0 aliphatic carbocycles. The van der Waals surface area contributed by atoms with E-state index in [1.165, 1.54) is 11.3 Å². The minimum absolute atomic E-state index is 0.109. The Morgan fingerprint density at radius 3 is 2.78 bits per heavy atom. The van der Waals surface area contributed by atoms with Gasteiger partial charge in [0.15, 0.2) is 0 Å². The first-order valence-corrected chi connectivity index (χ1v) is 6.86. The van der Waals surface area contributed by atoms with Crippen molar-refractivity contribution in [1.29, 1.82) is 0 Å². The van der Waals surface area contributed by atoms with Crippen LogP contribution in [0.5, 0.6) is 5.75 Å². The van der Waals surface area contributed by atoms with Crippen LogP contribution in [0.15, 0.2) is 6.07 Å². The maximum Gasteiger partial charge on any atom is 0.265 e. The summed E-state index contributed by atoms with van der Waals surface area (Å²) in [6.07, 6.45) is 0.344. The molecule has 18 heavy (non-hydrogen) atoms. The van der Waals surface area contributed by atoms with Crippen molar-refractivity contribution in [2.24, 2.45) is 5.92 Å². The number of methoxy groups -OCH3 is 1. The molecule has 0 saturated carbocycles. The van der Waals surface area contributed by atoms with Crippen LogP contribution >= 0.6 is 11.3 Å². The molecule has 1 aromatic rings. The van der Waals surface area contributed by atoms with Gasteiger partial charge in [0.1, 0.15) is 10.6 Å². The number of ether oxygens (including phenoxy) is 1. The maximum atomic E-state index is 12.0. The molecule has 0 spiro atoms. The second-order valence-electron chi connectivity index (χ2n) is 4.65. The third-order valence-corrected chi connectivity index (χ3v) is 3.63. The smallest absolute Gasteiger partial charge is 0.265 e. The highest BCUT2D eigenvalue weighted by molar-refractivity contribution is 7.14. The number of aliphatic hydroxyl groups is 1. The van der Waals surface area contributed by atoms with E-state index in [1.807, 2.05) is 19.9 Å². The molecule has 102 valence electrons. The fourth-order valence-electron chi connectivity index (χ4n) is 1.81. The average molecular weight is 271 g/mol. The summed E-state index contributed by atoms with van der Waals surface area (Å²) in [5.74, 6) is 0.765. The molecule has 4 nitrogen and oxygen atoms in total. The van der Waals surface area contributed by atoms with Crippen molar-refractivity contribution in [1.82, 2.24) is 5.32 Å². The number of hydrogen-bond donors (Lipinski definition) is 2. The largest absolute Gasteiger partial charge is 0.495 e. The van der Waals surface area contributed by atoms with Gasteiger partial charge in [-0.2, -0.15) is 0 Å². The first-order valence-electron chi connectivity index (χ1n) is 6.04. The summed E-state index contributed by atoms with van der Waals surface area (Å²) in [6, 6.07) is 1.86. The lowest BCUT2D eigenvalue weighted by molar-refractivity contribution is 0.0940. The summed E-state index contributed by atoms with van der Waals surface area (Å²) in [7, 11) is 1.56. The number of thiophene rings is 1. The molecule has 0 bridgehead atoms. The number of hydrogen-bond acceptors (Lipinski definition) is 4. The van der Waals surface area contributed by atoms with Crippen LogP contribution in [-0.2, 0) is 0 Å². The van der Waals surface area contributed by atoms with Crippen molar-refractivity contribution < 1.29 is 14.6 Å². The highest BCUT2D eigenvalue weighted by Gasteiger charge is 2.16. The molecular weight excluding hydrogens is 250 g/mol. The van der Waals surface area contributed by atoms with Gasteiger partial charge in [-0.3, -0.25) is 4.79 Å². The van der Waals surface area contributed by atoms with Crippen LogP contribution in [0.4, 0.5) is 0 Å². The summed E-state index contributed by atoms with van der Waals surface area (Å²) in [5, 5.41) is 12.1. The van der Waals surface area contributed by atoms with E-state index >= 15 is 0 Å². The van der Waals surface area contributed by atoms with Crippen molar-refractivity contribution >= 4 is 17.2 Å². The zero-order valence-electron chi connectivity index (χ0n) is 11.3. The zero-order chi connectivity index (χ0) is 13.7. The van der Waals surface area contributed by atoms with E-state index in [1.54, 1.807) is 14.0 Å². The number of aryl methyl sites for hydroxylation is 1. The molecule has 0 radical (unpaired) electrons. The van der Waals surface area contributed by atoms with E-state index in [9.17, 15) is 9.90 Å². The van der Waals surface area contributed by atoms with E-state index in [0.717, 1.165) is 4.88 Å². The molecular formula is C13H21NO3S. The molecule has 1 amide bonds. The lowest BCUT2D eigenvalue weighted by atomic mass is 10.0. The normalized spacial score (nSPS) is 14.1. The van der Waals surface area contributed by atoms with Crippen molar-refractivity contribution in [3.05, 3.63) is 15.8 Å². The topological polar surface area (TPSA) is 58.6 Å². The van der Waals surface area contributed by atoms with E-state index in [0.29, 0.717) is 23.6 Å². The summed E-state index contributed by atoms with van der Waals surface area (Å²) >= 11 is 1.43. The van der Waals surface area contributed by atoms with Crippen molar-refractivity contribution in [2.75, 3.05) is 13.7 Å². The zero-order valence-corrected chi connectivity index (χ0v) is 12.1. The Hall–Kier alpha value is -1.07. The molecule has 1 heterocycles. The fourth-order valence-corrected chi connectivity index (χ4v) is 2.71. The van der Waals surface area contributed by atoms with Crippen molar-refractivity contribution in [3.8, 4) is 5.75 Å². The Labute approximate surface area is 112 Å². The van der Waals surface area contributed by atoms with Gasteiger partial charge < -0.3 is 15.2 Å². The van der Waals surface area contributed by atoms with Crippen LogP contribution < -0.4 is 10.1 Å². The minimum atomic E-state index is -0.338. The molecule has 1 rings (SSSR count). The molecule has 0 fully saturated rings. The second-order valence-corrected chi connectivity index (χ2v) is 5.91. The van der Waals surface area contributed by atoms with E-state index < -0.39 is 0 Å². The Morgan fingerprint density at radius 2 is 2.22 bits per heavy atom. The van der Waals surface area contributed by atoms with Crippen molar-refractivity contribution in [2.45, 2.75) is 33.3 Å². The number of nitrogens with one attached hydrogen (secondary N) is 1. The molecule has 5 heteroatoms. The summed E-state index contributed by atoms with van der Waals surface area (Å²) in [6.45, 7) is 6.26. The van der Waals surface area contributed by atoms with Crippen LogP contribution in [0.2, 0.25) is 0 Å². The molecule has 0 aromatic carbocycles. The Bertz CT molecular complexity index is 401. The summed E-state index contributed by atoms with van der Waals surface area (Å²) in [5.41, 5.74) is 0. The maximum absolute atomic E-state index is 12.0. The third-order valence-electron chi connectivity index (χ3n) is 2.60. The monoisotopic (exact) mass is 271 g/mol.